The van der Waals surface area contributed by atoms with E-state index in [2.05, 4.69) is 17.6 Å². The molecular formula is C13H19N3O4. The van der Waals surface area contributed by atoms with Crippen molar-refractivity contribution in [1.82, 2.24) is 10.6 Å². The van der Waals surface area contributed by atoms with Crippen molar-refractivity contribution in [2.75, 3.05) is 26.2 Å². The van der Waals surface area contributed by atoms with Gasteiger partial charge in [0.05, 0.1) is 11.0 Å². The van der Waals surface area contributed by atoms with Crippen LogP contribution in [-0.2, 0) is 4.79 Å². The number of rotatable bonds is 9. The molecule has 1 amide bonds. The first-order valence-corrected chi connectivity index (χ1v) is 6.48. The molecule has 0 aliphatic rings. The lowest BCUT2D eigenvalue weighted by Gasteiger charge is -2.07. The van der Waals surface area contributed by atoms with Crippen molar-refractivity contribution < 1.29 is 14.5 Å². The molecule has 0 aromatic heterocycles. The molecule has 110 valence electrons. The van der Waals surface area contributed by atoms with Crippen LogP contribution >= 0.6 is 0 Å². The number of nitrogens with zero attached hydrogens (tertiary/aromatic N) is 1. The van der Waals surface area contributed by atoms with E-state index in [1.54, 1.807) is 6.07 Å². The van der Waals surface area contributed by atoms with E-state index in [1.807, 2.05) is 0 Å². The Balaban J connectivity index is 2.27. The van der Waals surface area contributed by atoms with Crippen LogP contribution in [0.4, 0.5) is 5.69 Å². The molecule has 0 bridgehead atoms. The minimum Gasteiger partial charge on any atom is -0.484 e. The summed E-state index contributed by atoms with van der Waals surface area (Å²) in [4.78, 5) is 21.5. The van der Waals surface area contributed by atoms with Crippen LogP contribution in [0.1, 0.15) is 13.3 Å². The van der Waals surface area contributed by atoms with Gasteiger partial charge in [-0.25, -0.2) is 0 Å². The lowest BCUT2D eigenvalue weighted by atomic mass is 10.3. The number of nitro benzene ring substituents is 1. The van der Waals surface area contributed by atoms with Crippen LogP contribution in [0.15, 0.2) is 24.3 Å². The molecule has 0 aliphatic carbocycles. The average Bonchev–Trinajstić information content (AvgIpc) is 2.45. The Hall–Kier alpha value is -2.15. The Morgan fingerprint density at radius 3 is 2.85 bits per heavy atom. The smallest absolute Gasteiger partial charge is 0.273 e. The molecule has 1 rings (SSSR count). The molecule has 0 unspecified atom stereocenters. The summed E-state index contributed by atoms with van der Waals surface area (Å²) in [6.07, 6.45) is 1.05. The molecule has 7 nitrogen and oxygen atoms in total. The molecule has 0 fully saturated rings. The van der Waals surface area contributed by atoms with E-state index in [0.717, 1.165) is 13.0 Å². The van der Waals surface area contributed by atoms with Gasteiger partial charge in [0.15, 0.2) is 6.61 Å². The van der Waals surface area contributed by atoms with Crippen LogP contribution in [0.25, 0.3) is 0 Å². The third-order valence-corrected chi connectivity index (χ3v) is 2.45. The van der Waals surface area contributed by atoms with Gasteiger partial charge in [0, 0.05) is 19.2 Å². The first-order chi connectivity index (χ1) is 9.63. The van der Waals surface area contributed by atoms with Crippen LogP contribution < -0.4 is 15.4 Å². The van der Waals surface area contributed by atoms with Crippen molar-refractivity contribution in [3.63, 3.8) is 0 Å². The summed E-state index contributed by atoms with van der Waals surface area (Å²) in [5, 5.41) is 16.4. The summed E-state index contributed by atoms with van der Waals surface area (Å²) < 4.78 is 5.20. The van der Waals surface area contributed by atoms with Gasteiger partial charge in [-0.05, 0) is 19.0 Å². The molecule has 0 radical (unpaired) electrons. The lowest BCUT2D eigenvalue weighted by Crippen LogP contribution is -2.35. The normalized spacial score (nSPS) is 10.1. The quantitative estimate of drug-likeness (QED) is 0.401. The van der Waals surface area contributed by atoms with Crippen LogP contribution in [0.5, 0.6) is 5.75 Å². The van der Waals surface area contributed by atoms with Crippen LogP contribution in [-0.4, -0.2) is 37.1 Å². The van der Waals surface area contributed by atoms with Gasteiger partial charge >= 0.3 is 0 Å². The van der Waals surface area contributed by atoms with Crippen molar-refractivity contribution in [2.24, 2.45) is 0 Å². The highest BCUT2D eigenvalue weighted by Crippen LogP contribution is 2.18. The van der Waals surface area contributed by atoms with Gasteiger partial charge < -0.3 is 15.4 Å². The minimum absolute atomic E-state index is 0.0633. The third-order valence-electron chi connectivity index (χ3n) is 2.45. The lowest BCUT2D eigenvalue weighted by molar-refractivity contribution is -0.384. The highest BCUT2D eigenvalue weighted by Gasteiger charge is 2.07. The summed E-state index contributed by atoms with van der Waals surface area (Å²) in [6.45, 7) is 4.06. The van der Waals surface area contributed by atoms with Crippen molar-refractivity contribution in [1.29, 1.82) is 0 Å². The SMILES string of the molecule is CCCNCCNC(=O)COc1cccc([N+](=O)[O-])c1. The van der Waals surface area contributed by atoms with E-state index >= 15 is 0 Å². The van der Waals surface area contributed by atoms with Crippen LogP contribution in [0.2, 0.25) is 0 Å². The first-order valence-electron chi connectivity index (χ1n) is 6.48. The van der Waals surface area contributed by atoms with Crippen molar-refractivity contribution in [2.45, 2.75) is 13.3 Å². The fourth-order valence-electron chi connectivity index (χ4n) is 1.48. The molecule has 0 saturated heterocycles. The monoisotopic (exact) mass is 281 g/mol. The molecule has 20 heavy (non-hydrogen) atoms. The number of carbonyl (C=O) groups is 1. The maximum atomic E-state index is 11.5. The molecule has 2 N–H and O–H groups in total. The zero-order chi connectivity index (χ0) is 14.8. The van der Waals surface area contributed by atoms with Gasteiger partial charge in [0.1, 0.15) is 5.75 Å². The van der Waals surface area contributed by atoms with E-state index in [9.17, 15) is 14.9 Å². The number of nitrogens with one attached hydrogen (secondary N) is 2. The summed E-state index contributed by atoms with van der Waals surface area (Å²) >= 11 is 0. The standard InChI is InChI=1S/C13H19N3O4/c1-2-6-14-7-8-15-13(17)10-20-12-5-3-4-11(9-12)16(18)19/h3-5,9,14H,2,6-8,10H2,1H3,(H,15,17). The van der Waals surface area contributed by atoms with Gasteiger partial charge in [-0.15, -0.1) is 0 Å². The Labute approximate surface area is 117 Å². The summed E-state index contributed by atoms with van der Waals surface area (Å²) in [6, 6.07) is 5.74. The number of nitro groups is 1. The van der Waals surface area contributed by atoms with Crippen molar-refractivity contribution in [3.8, 4) is 5.75 Å². The summed E-state index contributed by atoms with van der Waals surface area (Å²) in [5.41, 5.74) is -0.0633. The Morgan fingerprint density at radius 2 is 2.15 bits per heavy atom. The van der Waals surface area contributed by atoms with Crippen LogP contribution in [0.3, 0.4) is 0 Å². The summed E-state index contributed by atoms with van der Waals surface area (Å²) in [5.74, 6) is 0.0493. The second-order valence-corrected chi connectivity index (χ2v) is 4.14. The third kappa shape index (κ3) is 6.14. The van der Waals surface area contributed by atoms with E-state index in [-0.39, 0.29) is 18.2 Å². The van der Waals surface area contributed by atoms with Gasteiger partial charge in [-0.1, -0.05) is 13.0 Å². The number of amides is 1. The Bertz CT molecular complexity index is 451. The maximum absolute atomic E-state index is 11.5. The van der Waals surface area contributed by atoms with E-state index < -0.39 is 4.92 Å². The van der Waals surface area contributed by atoms with Gasteiger partial charge in [0.2, 0.25) is 0 Å². The second kappa shape index (κ2) is 8.87. The average molecular weight is 281 g/mol. The molecule has 0 aliphatic heterocycles. The van der Waals surface area contributed by atoms with E-state index in [0.29, 0.717) is 18.8 Å². The second-order valence-electron chi connectivity index (χ2n) is 4.14. The van der Waals surface area contributed by atoms with Gasteiger partial charge in [0.25, 0.3) is 11.6 Å². The van der Waals surface area contributed by atoms with E-state index in [4.69, 9.17) is 4.74 Å². The predicted molar refractivity (Wildman–Crippen MR) is 74.8 cm³/mol. The zero-order valence-corrected chi connectivity index (χ0v) is 11.4. The molecule has 0 heterocycles. The highest BCUT2D eigenvalue weighted by molar-refractivity contribution is 5.77. The van der Waals surface area contributed by atoms with Gasteiger partial charge in [-0.3, -0.25) is 14.9 Å². The fourth-order valence-corrected chi connectivity index (χ4v) is 1.48. The molecule has 0 spiro atoms. The number of benzene rings is 1. The molecule has 1 aromatic carbocycles. The predicted octanol–water partition coefficient (Wildman–Crippen LogP) is 1.09. The molecule has 1 aromatic rings. The summed E-state index contributed by atoms with van der Waals surface area (Å²) in [7, 11) is 0. The molecular weight excluding hydrogens is 262 g/mol. The minimum atomic E-state index is -0.508. The molecule has 0 atom stereocenters. The number of ether oxygens (including phenoxy) is 1. The fraction of sp³-hybridized carbons (Fsp3) is 0.462. The number of carbonyl (C=O) groups excluding carboxylic acids is 1. The largest absolute Gasteiger partial charge is 0.484 e. The van der Waals surface area contributed by atoms with E-state index in [1.165, 1.54) is 18.2 Å². The number of hydrogen-bond acceptors (Lipinski definition) is 5. The van der Waals surface area contributed by atoms with Gasteiger partial charge in [-0.2, -0.15) is 0 Å². The zero-order valence-electron chi connectivity index (χ0n) is 11.4. The molecule has 7 heteroatoms. The van der Waals surface area contributed by atoms with Crippen molar-refractivity contribution >= 4 is 11.6 Å². The first kappa shape index (κ1) is 15.9. The topological polar surface area (TPSA) is 93.5 Å². The number of non-ortho nitro benzene ring substituents is 1. The number of hydrogen-bond donors (Lipinski definition) is 2. The maximum Gasteiger partial charge on any atom is 0.273 e. The van der Waals surface area contributed by atoms with Crippen molar-refractivity contribution in [3.05, 3.63) is 34.4 Å². The molecule has 0 saturated carbocycles. The Kier molecular flexibility index (Phi) is 7.05. The highest BCUT2D eigenvalue weighted by atomic mass is 16.6. The van der Waals surface area contributed by atoms with Crippen LogP contribution in [0, 0.1) is 10.1 Å². The Morgan fingerprint density at radius 1 is 1.35 bits per heavy atom.